The lowest BCUT2D eigenvalue weighted by molar-refractivity contribution is 0.0422. The summed E-state index contributed by atoms with van der Waals surface area (Å²) in [6, 6.07) is 0. The summed E-state index contributed by atoms with van der Waals surface area (Å²) in [5.41, 5.74) is 0. The van der Waals surface area contributed by atoms with Crippen molar-refractivity contribution in [1.82, 2.24) is 9.80 Å². The van der Waals surface area contributed by atoms with Gasteiger partial charge < -0.3 is 10.2 Å². The van der Waals surface area contributed by atoms with Crippen molar-refractivity contribution in [2.45, 2.75) is 40.2 Å². The molecular weight excluding hydrogens is 180 g/mol. The molecule has 0 aromatic rings. The monoisotopic (exact) mass is 206 g/mol. The van der Waals surface area contributed by atoms with E-state index in [2.05, 4.69) is 0 Å². The molecule has 0 aliphatic rings. The standard InChI is InChI=1S/2C5H13NO/c2*1-4-6(3)5(2)7/h2*5,7H,4H2,1-3H3. The summed E-state index contributed by atoms with van der Waals surface area (Å²) in [5.74, 6) is 0. The number of aliphatic hydroxyl groups is 2. The van der Waals surface area contributed by atoms with E-state index in [1.807, 2.05) is 37.7 Å². The fraction of sp³-hybridized carbons (Fsp3) is 1.00. The van der Waals surface area contributed by atoms with Crippen molar-refractivity contribution in [3.05, 3.63) is 0 Å². The summed E-state index contributed by atoms with van der Waals surface area (Å²) in [5, 5.41) is 17.5. The normalized spacial score (nSPS) is 15.0. The molecule has 2 unspecified atom stereocenters. The van der Waals surface area contributed by atoms with Crippen LogP contribution in [-0.2, 0) is 0 Å². The Labute approximate surface area is 88.1 Å². The van der Waals surface area contributed by atoms with E-state index in [1.165, 1.54) is 0 Å². The topological polar surface area (TPSA) is 46.9 Å². The van der Waals surface area contributed by atoms with Crippen LogP contribution in [0.4, 0.5) is 0 Å². The number of aliphatic hydroxyl groups excluding tert-OH is 2. The van der Waals surface area contributed by atoms with Crippen molar-refractivity contribution in [3.63, 3.8) is 0 Å². The van der Waals surface area contributed by atoms with Gasteiger partial charge in [0.25, 0.3) is 0 Å². The molecule has 14 heavy (non-hydrogen) atoms. The van der Waals surface area contributed by atoms with Gasteiger partial charge in [0.2, 0.25) is 0 Å². The van der Waals surface area contributed by atoms with Crippen LogP contribution in [0.2, 0.25) is 0 Å². The van der Waals surface area contributed by atoms with Gasteiger partial charge in [-0.1, -0.05) is 13.8 Å². The third-order valence-corrected chi connectivity index (χ3v) is 2.27. The first-order valence-corrected chi connectivity index (χ1v) is 5.13. The third-order valence-electron chi connectivity index (χ3n) is 2.27. The Bertz CT molecular complexity index is 105. The lowest BCUT2D eigenvalue weighted by atomic mass is 10.5. The van der Waals surface area contributed by atoms with Crippen LogP contribution in [0.5, 0.6) is 0 Å². The van der Waals surface area contributed by atoms with Crippen molar-refractivity contribution in [2.75, 3.05) is 27.2 Å². The maximum Gasteiger partial charge on any atom is 0.104 e. The smallest absolute Gasteiger partial charge is 0.104 e. The van der Waals surface area contributed by atoms with E-state index in [9.17, 15) is 0 Å². The molecule has 0 heterocycles. The van der Waals surface area contributed by atoms with Crippen LogP contribution in [0, 0.1) is 0 Å². The molecule has 0 fully saturated rings. The maximum atomic E-state index is 8.75. The molecule has 4 heteroatoms. The van der Waals surface area contributed by atoms with Gasteiger partial charge in [0.1, 0.15) is 12.5 Å². The van der Waals surface area contributed by atoms with E-state index >= 15 is 0 Å². The van der Waals surface area contributed by atoms with Crippen molar-refractivity contribution >= 4 is 0 Å². The summed E-state index contributed by atoms with van der Waals surface area (Å²) in [6.45, 7) is 9.32. The van der Waals surface area contributed by atoms with Gasteiger partial charge in [-0.2, -0.15) is 0 Å². The Hall–Kier alpha value is -0.160. The molecule has 0 aromatic heterocycles. The second-order valence-electron chi connectivity index (χ2n) is 3.41. The van der Waals surface area contributed by atoms with Crippen LogP contribution in [0.15, 0.2) is 0 Å². The number of rotatable bonds is 4. The van der Waals surface area contributed by atoms with Gasteiger partial charge in [-0.15, -0.1) is 0 Å². The number of hydrogen-bond acceptors (Lipinski definition) is 4. The van der Waals surface area contributed by atoms with Crippen LogP contribution in [-0.4, -0.2) is 59.7 Å². The van der Waals surface area contributed by atoms with Gasteiger partial charge >= 0.3 is 0 Å². The first-order chi connectivity index (χ1) is 6.36. The fourth-order valence-corrected chi connectivity index (χ4v) is 0.528. The Kier molecular flexibility index (Phi) is 10.9. The SMILES string of the molecule is CCN(C)C(C)O.CCN(C)C(C)O. The Balaban J connectivity index is 0. The van der Waals surface area contributed by atoms with Crippen LogP contribution in [0.3, 0.4) is 0 Å². The molecule has 0 spiro atoms. The second-order valence-corrected chi connectivity index (χ2v) is 3.41. The zero-order valence-electron chi connectivity index (χ0n) is 10.4. The molecule has 0 saturated carbocycles. The van der Waals surface area contributed by atoms with E-state index in [4.69, 9.17) is 10.2 Å². The lowest BCUT2D eigenvalue weighted by Crippen LogP contribution is -2.27. The minimum absolute atomic E-state index is 0.301. The van der Waals surface area contributed by atoms with Crippen molar-refractivity contribution < 1.29 is 10.2 Å². The Morgan fingerprint density at radius 1 is 0.857 bits per heavy atom. The molecule has 0 aliphatic carbocycles. The molecule has 2 atom stereocenters. The highest BCUT2D eigenvalue weighted by atomic mass is 16.3. The largest absolute Gasteiger partial charge is 0.379 e. The highest BCUT2D eigenvalue weighted by Crippen LogP contribution is 1.86. The first kappa shape index (κ1) is 16.3. The van der Waals surface area contributed by atoms with Crippen LogP contribution < -0.4 is 0 Å². The van der Waals surface area contributed by atoms with Crippen LogP contribution >= 0.6 is 0 Å². The molecule has 0 rings (SSSR count). The predicted molar refractivity (Wildman–Crippen MR) is 60.0 cm³/mol. The third kappa shape index (κ3) is 9.92. The van der Waals surface area contributed by atoms with Gasteiger partial charge in [-0.3, -0.25) is 9.80 Å². The van der Waals surface area contributed by atoms with E-state index < -0.39 is 0 Å². The van der Waals surface area contributed by atoms with Crippen LogP contribution in [0.25, 0.3) is 0 Å². The predicted octanol–water partition coefficient (Wildman–Crippen LogP) is 0.553. The van der Waals surface area contributed by atoms with Crippen molar-refractivity contribution in [2.24, 2.45) is 0 Å². The number of hydrogen-bond donors (Lipinski definition) is 2. The highest BCUT2D eigenvalue weighted by Gasteiger charge is 1.98. The fourth-order valence-electron chi connectivity index (χ4n) is 0.528. The summed E-state index contributed by atoms with van der Waals surface area (Å²) >= 11 is 0. The summed E-state index contributed by atoms with van der Waals surface area (Å²) in [7, 11) is 3.76. The molecule has 0 aliphatic heterocycles. The van der Waals surface area contributed by atoms with Gasteiger partial charge in [0.05, 0.1) is 0 Å². The van der Waals surface area contributed by atoms with Gasteiger partial charge in [0.15, 0.2) is 0 Å². The van der Waals surface area contributed by atoms with E-state index in [-0.39, 0.29) is 12.5 Å². The van der Waals surface area contributed by atoms with Gasteiger partial charge in [-0.05, 0) is 41.0 Å². The molecule has 0 aromatic carbocycles. The molecule has 4 nitrogen and oxygen atoms in total. The average molecular weight is 206 g/mol. The first-order valence-electron chi connectivity index (χ1n) is 5.13. The van der Waals surface area contributed by atoms with Crippen molar-refractivity contribution in [1.29, 1.82) is 0 Å². The summed E-state index contributed by atoms with van der Waals surface area (Å²) in [4.78, 5) is 3.69. The minimum atomic E-state index is -0.301. The van der Waals surface area contributed by atoms with Gasteiger partial charge in [-0.25, -0.2) is 0 Å². The zero-order valence-corrected chi connectivity index (χ0v) is 10.4. The van der Waals surface area contributed by atoms with Crippen molar-refractivity contribution in [3.8, 4) is 0 Å². The molecule has 88 valence electrons. The average Bonchev–Trinajstić information content (AvgIpc) is 2.15. The Morgan fingerprint density at radius 2 is 1.07 bits per heavy atom. The van der Waals surface area contributed by atoms with E-state index in [0.717, 1.165) is 13.1 Å². The minimum Gasteiger partial charge on any atom is -0.379 e. The molecule has 2 N–H and O–H groups in total. The van der Waals surface area contributed by atoms with E-state index in [1.54, 1.807) is 13.8 Å². The Morgan fingerprint density at radius 3 is 1.07 bits per heavy atom. The summed E-state index contributed by atoms with van der Waals surface area (Å²) in [6.07, 6.45) is -0.602. The molecule has 0 radical (unpaired) electrons. The molecule has 0 saturated heterocycles. The molecule has 0 bridgehead atoms. The molecular formula is C10H26N2O2. The number of nitrogens with zero attached hydrogens (tertiary/aromatic N) is 2. The second kappa shape index (κ2) is 9.40. The van der Waals surface area contributed by atoms with Crippen LogP contribution in [0.1, 0.15) is 27.7 Å². The zero-order chi connectivity index (χ0) is 11.7. The lowest BCUT2D eigenvalue weighted by Gasteiger charge is -2.16. The van der Waals surface area contributed by atoms with E-state index in [0.29, 0.717) is 0 Å². The summed E-state index contributed by atoms with van der Waals surface area (Å²) < 4.78 is 0. The highest BCUT2D eigenvalue weighted by molar-refractivity contribution is 4.43. The maximum absolute atomic E-state index is 8.75. The molecule has 0 amide bonds. The quantitative estimate of drug-likeness (QED) is 0.660. The van der Waals surface area contributed by atoms with Gasteiger partial charge in [0, 0.05) is 0 Å².